The molecule has 0 saturated carbocycles. The maximum absolute atomic E-state index is 11.7. The Bertz CT molecular complexity index is 801. The third kappa shape index (κ3) is 6.94. The standard InChI is InChI=1S/C19H23N3O7S/c1-11(23)26-9-15-17(27-12(2)24)16(21-22-20)18(28-13(3)25)19(29-15)30-10-14-7-5-4-6-8-14/h4-8,15-19H,9-10H2,1-3H3/t15-,16+,17+,18-,19-/m1/s1. The predicted molar refractivity (Wildman–Crippen MR) is 107 cm³/mol. The summed E-state index contributed by atoms with van der Waals surface area (Å²) in [6.07, 6.45) is -3.02. The molecule has 0 N–H and O–H groups in total. The molecule has 1 aliphatic heterocycles. The fourth-order valence-electron chi connectivity index (χ4n) is 2.96. The van der Waals surface area contributed by atoms with Crippen molar-refractivity contribution >= 4 is 29.7 Å². The predicted octanol–water partition coefficient (Wildman–Crippen LogP) is 2.75. The van der Waals surface area contributed by atoms with Gasteiger partial charge in [-0.2, -0.15) is 0 Å². The summed E-state index contributed by atoms with van der Waals surface area (Å²) in [4.78, 5) is 37.5. The summed E-state index contributed by atoms with van der Waals surface area (Å²) in [5, 5.41) is 3.73. The average Bonchev–Trinajstić information content (AvgIpc) is 2.68. The summed E-state index contributed by atoms with van der Waals surface area (Å²) in [5.41, 5.74) is 9.32. The van der Waals surface area contributed by atoms with E-state index in [1.165, 1.54) is 32.5 Å². The first-order chi connectivity index (χ1) is 14.3. The van der Waals surface area contributed by atoms with Gasteiger partial charge in [-0.15, -0.1) is 11.8 Å². The lowest BCUT2D eigenvalue weighted by molar-refractivity contribution is -0.201. The molecule has 1 aliphatic rings. The number of esters is 3. The first-order valence-electron chi connectivity index (χ1n) is 9.14. The van der Waals surface area contributed by atoms with Crippen LogP contribution in [0.1, 0.15) is 26.3 Å². The fourth-order valence-corrected chi connectivity index (χ4v) is 4.14. The summed E-state index contributed by atoms with van der Waals surface area (Å²) in [6, 6.07) is 8.47. The molecule has 1 heterocycles. The van der Waals surface area contributed by atoms with Crippen molar-refractivity contribution in [2.75, 3.05) is 6.61 Å². The van der Waals surface area contributed by atoms with E-state index in [1.54, 1.807) is 0 Å². The van der Waals surface area contributed by atoms with Gasteiger partial charge in [0.2, 0.25) is 0 Å². The number of azide groups is 1. The van der Waals surface area contributed by atoms with E-state index in [9.17, 15) is 14.4 Å². The van der Waals surface area contributed by atoms with Crippen LogP contribution in [0.4, 0.5) is 0 Å². The van der Waals surface area contributed by atoms with Gasteiger partial charge in [-0.1, -0.05) is 35.4 Å². The van der Waals surface area contributed by atoms with Gasteiger partial charge in [0.15, 0.2) is 0 Å². The Morgan fingerprint density at radius 2 is 1.70 bits per heavy atom. The minimum absolute atomic E-state index is 0.222. The maximum Gasteiger partial charge on any atom is 0.303 e. The molecular weight excluding hydrogens is 414 g/mol. The molecule has 10 nitrogen and oxygen atoms in total. The van der Waals surface area contributed by atoms with Crippen LogP contribution < -0.4 is 0 Å². The first-order valence-corrected chi connectivity index (χ1v) is 10.2. The van der Waals surface area contributed by atoms with Crippen LogP contribution in [0.5, 0.6) is 0 Å². The van der Waals surface area contributed by atoms with E-state index in [0.717, 1.165) is 5.56 Å². The molecule has 1 aromatic carbocycles. The summed E-state index contributed by atoms with van der Waals surface area (Å²) in [5.74, 6) is -1.28. The maximum atomic E-state index is 11.7. The van der Waals surface area contributed by atoms with E-state index in [1.807, 2.05) is 30.3 Å². The van der Waals surface area contributed by atoms with Crippen LogP contribution in [0, 0.1) is 0 Å². The fraction of sp³-hybridized carbons (Fsp3) is 0.526. The van der Waals surface area contributed by atoms with Crippen LogP contribution in [-0.2, 0) is 39.1 Å². The molecule has 0 unspecified atom stereocenters. The van der Waals surface area contributed by atoms with Crippen LogP contribution >= 0.6 is 11.8 Å². The lowest BCUT2D eigenvalue weighted by atomic mass is 9.97. The second kappa shape index (κ2) is 11.4. The van der Waals surface area contributed by atoms with E-state index in [-0.39, 0.29) is 6.61 Å². The van der Waals surface area contributed by atoms with Crippen molar-refractivity contribution in [2.24, 2.45) is 5.11 Å². The lowest BCUT2D eigenvalue weighted by Crippen LogP contribution is -2.59. The number of carbonyl (C=O) groups excluding carboxylic acids is 3. The summed E-state index contributed by atoms with van der Waals surface area (Å²) < 4.78 is 21.7. The number of rotatable bonds is 8. The molecule has 0 spiro atoms. The highest BCUT2D eigenvalue weighted by molar-refractivity contribution is 7.99. The molecular formula is C19H23N3O7S. The second-order valence-corrected chi connectivity index (χ2v) is 7.57. The molecule has 1 aromatic rings. The molecule has 30 heavy (non-hydrogen) atoms. The average molecular weight is 437 g/mol. The minimum Gasteiger partial charge on any atom is -0.463 e. The van der Waals surface area contributed by atoms with Gasteiger partial charge in [0, 0.05) is 31.4 Å². The summed E-state index contributed by atoms with van der Waals surface area (Å²) in [7, 11) is 0. The molecule has 2 rings (SSSR count). The molecule has 0 aromatic heterocycles. The third-order valence-corrected chi connectivity index (χ3v) is 5.32. The number of hydrogen-bond acceptors (Lipinski definition) is 9. The van der Waals surface area contributed by atoms with Crippen molar-refractivity contribution in [1.82, 2.24) is 0 Å². The molecule has 11 heteroatoms. The van der Waals surface area contributed by atoms with E-state index in [2.05, 4.69) is 10.0 Å². The van der Waals surface area contributed by atoms with Gasteiger partial charge in [0.05, 0.1) is 0 Å². The van der Waals surface area contributed by atoms with Gasteiger partial charge < -0.3 is 18.9 Å². The first kappa shape index (κ1) is 23.5. The molecule has 1 fully saturated rings. The molecule has 0 radical (unpaired) electrons. The van der Waals surface area contributed by atoms with Crippen LogP contribution in [0.2, 0.25) is 0 Å². The number of ether oxygens (including phenoxy) is 4. The third-order valence-electron chi connectivity index (χ3n) is 4.11. The lowest BCUT2D eigenvalue weighted by Gasteiger charge is -2.43. The number of hydrogen-bond donors (Lipinski definition) is 0. The zero-order chi connectivity index (χ0) is 22.1. The van der Waals surface area contributed by atoms with Gasteiger partial charge in [0.1, 0.15) is 36.4 Å². The van der Waals surface area contributed by atoms with Gasteiger partial charge in [-0.25, -0.2) is 0 Å². The molecule has 1 saturated heterocycles. The molecule has 0 bridgehead atoms. The van der Waals surface area contributed by atoms with Crippen molar-refractivity contribution in [3.8, 4) is 0 Å². The Balaban J connectivity index is 2.33. The highest BCUT2D eigenvalue weighted by Gasteiger charge is 2.49. The van der Waals surface area contributed by atoms with E-state index in [4.69, 9.17) is 24.5 Å². The van der Waals surface area contributed by atoms with Crippen LogP contribution in [-0.4, -0.2) is 54.3 Å². The Morgan fingerprint density at radius 3 is 2.27 bits per heavy atom. The SMILES string of the molecule is CC(=O)OC[C@H]1O[C@H](SCc2ccccc2)[C@H](OC(C)=O)[C@@H](N=[N+]=[N-])[C@H]1OC(C)=O. The Labute approximate surface area is 177 Å². The van der Waals surface area contributed by atoms with Crippen molar-refractivity contribution in [3.05, 3.63) is 46.3 Å². The Kier molecular flexibility index (Phi) is 8.97. The van der Waals surface area contributed by atoms with Crippen molar-refractivity contribution in [1.29, 1.82) is 0 Å². The van der Waals surface area contributed by atoms with Crippen LogP contribution in [0.15, 0.2) is 35.4 Å². The van der Waals surface area contributed by atoms with E-state index in [0.29, 0.717) is 5.75 Å². The smallest absolute Gasteiger partial charge is 0.303 e. The van der Waals surface area contributed by atoms with Gasteiger partial charge >= 0.3 is 17.9 Å². The van der Waals surface area contributed by atoms with Crippen molar-refractivity contribution < 1.29 is 33.3 Å². The summed E-state index contributed by atoms with van der Waals surface area (Å²) >= 11 is 1.33. The highest BCUT2D eigenvalue weighted by Crippen LogP contribution is 2.35. The quantitative estimate of drug-likeness (QED) is 0.199. The highest BCUT2D eigenvalue weighted by atomic mass is 32.2. The van der Waals surface area contributed by atoms with Gasteiger partial charge in [-0.3, -0.25) is 14.4 Å². The largest absolute Gasteiger partial charge is 0.463 e. The number of benzene rings is 1. The molecule has 0 amide bonds. The van der Waals surface area contributed by atoms with Gasteiger partial charge in [-0.05, 0) is 11.1 Å². The number of nitrogens with zero attached hydrogens (tertiary/aromatic N) is 3. The van der Waals surface area contributed by atoms with E-state index < -0.39 is 47.7 Å². The minimum atomic E-state index is -1.10. The number of carbonyl (C=O) groups is 3. The summed E-state index contributed by atoms with van der Waals surface area (Å²) in [6.45, 7) is 3.42. The van der Waals surface area contributed by atoms with Crippen LogP contribution in [0.3, 0.4) is 0 Å². The van der Waals surface area contributed by atoms with E-state index >= 15 is 0 Å². The molecule has 0 aliphatic carbocycles. The number of thioether (sulfide) groups is 1. The van der Waals surface area contributed by atoms with Gasteiger partial charge in [0.25, 0.3) is 0 Å². The monoisotopic (exact) mass is 437 g/mol. The molecule has 162 valence electrons. The van der Waals surface area contributed by atoms with Crippen molar-refractivity contribution in [2.45, 2.75) is 56.3 Å². The Hall–Kier alpha value is -2.75. The zero-order valence-corrected chi connectivity index (χ0v) is 17.6. The van der Waals surface area contributed by atoms with Crippen LogP contribution in [0.25, 0.3) is 10.4 Å². The second-order valence-electron chi connectivity index (χ2n) is 6.49. The zero-order valence-electron chi connectivity index (χ0n) is 16.8. The van der Waals surface area contributed by atoms with Crippen molar-refractivity contribution in [3.63, 3.8) is 0 Å². The normalized spacial score (nSPS) is 25.5. The Morgan fingerprint density at radius 1 is 1.07 bits per heavy atom. The topological polar surface area (TPSA) is 137 Å². The molecule has 5 atom stereocenters.